The van der Waals surface area contributed by atoms with Crippen LogP contribution in [0.25, 0.3) is 0 Å². The molecule has 0 spiro atoms. The molecule has 0 aromatic rings. The first-order valence-electron chi connectivity index (χ1n) is 7.02. The molecule has 0 aliphatic rings. The number of allylic oxidation sites excluding steroid dienone is 3. The molecule has 0 fully saturated rings. The van der Waals surface area contributed by atoms with Crippen LogP contribution in [0.2, 0.25) is 0 Å². The van der Waals surface area contributed by atoms with Gasteiger partial charge < -0.3 is 5.11 Å². The van der Waals surface area contributed by atoms with Crippen LogP contribution in [-0.2, 0) is 0 Å². The van der Waals surface area contributed by atoms with Gasteiger partial charge in [0, 0.05) is 5.92 Å². The van der Waals surface area contributed by atoms with E-state index in [-0.39, 0.29) is 5.92 Å². The van der Waals surface area contributed by atoms with Crippen LogP contribution in [0.3, 0.4) is 0 Å². The first-order chi connectivity index (χ1) is 8.70. The molecule has 1 nitrogen and oxygen atoms in total. The highest BCUT2D eigenvalue weighted by molar-refractivity contribution is 5.14. The van der Waals surface area contributed by atoms with E-state index < -0.39 is 5.60 Å². The highest BCUT2D eigenvalue weighted by Gasteiger charge is 2.28. The zero-order valence-electron chi connectivity index (χ0n) is 13.1. The average Bonchev–Trinajstić information content (AvgIpc) is 2.27. The Morgan fingerprint density at radius 3 is 2.21 bits per heavy atom. The Morgan fingerprint density at radius 2 is 1.79 bits per heavy atom. The van der Waals surface area contributed by atoms with E-state index in [1.54, 1.807) is 13.0 Å². The quantitative estimate of drug-likeness (QED) is 0.566. The zero-order valence-corrected chi connectivity index (χ0v) is 13.1. The van der Waals surface area contributed by atoms with Gasteiger partial charge >= 0.3 is 0 Å². The fourth-order valence-corrected chi connectivity index (χ4v) is 2.17. The summed E-state index contributed by atoms with van der Waals surface area (Å²) in [6.45, 7) is 19.6. The number of hydrogen-bond acceptors (Lipinski definition) is 1. The normalized spacial score (nSPS) is 16.6. The predicted octanol–water partition coefficient (Wildman–Crippen LogP) is 5.20. The third kappa shape index (κ3) is 7.17. The largest absolute Gasteiger partial charge is 0.385 e. The minimum absolute atomic E-state index is 0.0288. The molecule has 0 aromatic carbocycles. The van der Waals surface area contributed by atoms with Gasteiger partial charge in [-0.25, -0.2) is 0 Å². The Labute approximate surface area is 119 Å². The third-order valence-corrected chi connectivity index (χ3v) is 3.59. The smallest absolute Gasteiger partial charge is 0.0864 e. The average molecular weight is 262 g/mol. The summed E-state index contributed by atoms with van der Waals surface area (Å²) < 4.78 is 0. The maximum Gasteiger partial charge on any atom is 0.0864 e. The van der Waals surface area contributed by atoms with Gasteiger partial charge in [0.15, 0.2) is 0 Å². The van der Waals surface area contributed by atoms with Crippen molar-refractivity contribution >= 4 is 0 Å². The van der Waals surface area contributed by atoms with E-state index in [9.17, 15) is 5.11 Å². The summed E-state index contributed by atoms with van der Waals surface area (Å²) in [5.41, 5.74) is 2.71. The number of rotatable bonds is 9. The summed E-state index contributed by atoms with van der Waals surface area (Å²) in [6.07, 6.45) is 7.96. The fraction of sp³-hybridized carbons (Fsp3) is 0.556. The van der Waals surface area contributed by atoms with Crippen LogP contribution in [0.15, 0.2) is 48.6 Å². The van der Waals surface area contributed by atoms with Crippen LogP contribution in [0.4, 0.5) is 0 Å². The van der Waals surface area contributed by atoms with E-state index >= 15 is 0 Å². The Morgan fingerprint density at radius 1 is 1.21 bits per heavy atom. The summed E-state index contributed by atoms with van der Waals surface area (Å²) in [5, 5.41) is 10.3. The molecule has 19 heavy (non-hydrogen) atoms. The van der Waals surface area contributed by atoms with Crippen molar-refractivity contribution in [3.05, 3.63) is 48.6 Å². The Balaban J connectivity index is 4.50. The lowest BCUT2D eigenvalue weighted by atomic mass is 9.81. The molecule has 0 heterocycles. The van der Waals surface area contributed by atoms with Crippen molar-refractivity contribution in [3.63, 3.8) is 0 Å². The van der Waals surface area contributed by atoms with Crippen molar-refractivity contribution in [2.45, 2.75) is 59.0 Å². The second-order valence-electron chi connectivity index (χ2n) is 5.93. The summed E-state index contributed by atoms with van der Waals surface area (Å²) in [7, 11) is 0. The molecule has 0 saturated carbocycles. The maximum absolute atomic E-state index is 10.3. The van der Waals surface area contributed by atoms with Crippen molar-refractivity contribution < 1.29 is 5.11 Å². The Bertz CT molecular complexity index is 358. The van der Waals surface area contributed by atoms with E-state index in [4.69, 9.17) is 0 Å². The zero-order chi connectivity index (χ0) is 15.1. The van der Waals surface area contributed by atoms with Crippen LogP contribution in [0.1, 0.15) is 53.4 Å². The fourth-order valence-electron chi connectivity index (χ4n) is 2.17. The molecule has 1 N–H and O–H groups in total. The van der Waals surface area contributed by atoms with Crippen molar-refractivity contribution in [2.24, 2.45) is 5.92 Å². The number of hydrogen-bond donors (Lipinski definition) is 1. The summed E-state index contributed by atoms with van der Waals surface area (Å²) >= 11 is 0. The van der Waals surface area contributed by atoms with Gasteiger partial charge in [-0.2, -0.15) is 0 Å². The third-order valence-electron chi connectivity index (χ3n) is 3.59. The molecule has 2 atom stereocenters. The SMILES string of the molecule is C=CC(C)(O)C(CC=C(C)CCCC(=C)C)C(=C)C. The molecular weight excluding hydrogens is 232 g/mol. The summed E-state index contributed by atoms with van der Waals surface area (Å²) in [5.74, 6) is 0.0288. The van der Waals surface area contributed by atoms with Gasteiger partial charge in [0.2, 0.25) is 0 Å². The van der Waals surface area contributed by atoms with Crippen LogP contribution in [-0.4, -0.2) is 10.7 Å². The minimum atomic E-state index is -0.889. The molecule has 108 valence electrons. The minimum Gasteiger partial charge on any atom is -0.385 e. The molecular formula is C18H30O. The summed E-state index contributed by atoms with van der Waals surface area (Å²) in [6, 6.07) is 0. The molecule has 0 bridgehead atoms. The van der Waals surface area contributed by atoms with E-state index in [0.29, 0.717) is 0 Å². The van der Waals surface area contributed by atoms with Crippen molar-refractivity contribution in [1.29, 1.82) is 0 Å². The molecule has 0 rings (SSSR count). The van der Waals surface area contributed by atoms with Gasteiger partial charge in [-0.3, -0.25) is 0 Å². The molecule has 2 unspecified atom stereocenters. The molecule has 0 radical (unpaired) electrons. The van der Waals surface area contributed by atoms with Gasteiger partial charge in [-0.15, -0.1) is 13.2 Å². The Kier molecular flexibility index (Phi) is 7.70. The van der Waals surface area contributed by atoms with E-state index in [1.165, 1.54) is 11.1 Å². The van der Waals surface area contributed by atoms with Gasteiger partial charge in [0.05, 0.1) is 5.60 Å². The topological polar surface area (TPSA) is 20.2 Å². The molecule has 0 aliphatic heterocycles. The van der Waals surface area contributed by atoms with Gasteiger partial charge in [-0.1, -0.05) is 35.5 Å². The van der Waals surface area contributed by atoms with Crippen LogP contribution in [0.5, 0.6) is 0 Å². The molecule has 0 aliphatic carbocycles. The van der Waals surface area contributed by atoms with Gasteiger partial charge in [0.25, 0.3) is 0 Å². The predicted molar refractivity (Wildman–Crippen MR) is 86.2 cm³/mol. The van der Waals surface area contributed by atoms with Crippen LogP contribution < -0.4 is 0 Å². The lowest BCUT2D eigenvalue weighted by Crippen LogP contribution is -2.32. The first kappa shape index (κ1) is 17.9. The Hall–Kier alpha value is -1.08. The van der Waals surface area contributed by atoms with Gasteiger partial charge in [-0.05, 0) is 53.4 Å². The lowest BCUT2D eigenvalue weighted by molar-refractivity contribution is 0.0638. The highest BCUT2D eigenvalue weighted by Crippen LogP contribution is 2.29. The van der Waals surface area contributed by atoms with E-state index in [2.05, 4.69) is 39.7 Å². The number of aliphatic hydroxyl groups is 1. The van der Waals surface area contributed by atoms with Crippen molar-refractivity contribution in [3.8, 4) is 0 Å². The second kappa shape index (κ2) is 8.16. The van der Waals surface area contributed by atoms with Gasteiger partial charge in [0.1, 0.15) is 0 Å². The van der Waals surface area contributed by atoms with Crippen molar-refractivity contribution in [2.75, 3.05) is 0 Å². The van der Waals surface area contributed by atoms with E-state index in [1.807, 2.05) is 6.92 Å². The summed E-state index contributed by atoms with van der Waals surface area (Å²) in [4.78, 5) is 0. The molecule has 1 heteroatoms. The standard InChI is InChI=1S/C18H30O/c1-8-18(7,19)17(15(4)5)13-12-16(6)11-9-10-14(2)3/h8,12,17,19H,1-2,4,9-11,13H2,3,5-7H3. The van der Waals surface area contributed by atoms with Crippen LogP contribution >= 0.6 is 0 Å². The highest BCUT2D eigenvalue weighted by atomic mass is 16.3. The first-order valence-corrected chi connectivity index (χ1v) is 7.02. The molecule has 0 amide bonds. The van der Waals surface area contributed by atoms with Crippen molar-refractivity contribution in [1.82, 2.24) is 0 Å². The maximum atomic E-state index is 10.3. The monoisotopic (exact) mass is 262 g/mol. The molecule has 0 saturated heterocycles. The second-order valence-corrected chi connectivity index (χ2v) is 5.93. The van der Waals surface area contributed by atoms with E-state index in [0.717, 1.165) is 31.3 Å². The van der Waals surface area contributed by atoms with Crippen LogP contribution in [0, 0.1) is 5.92 Å². The lowest BCUT2D eigenvalue weighted by Gasteiger charge is -2.30. The molecule has 0 aromatic heterocycles.